The molecule has 2 nitrogen and oxygen atoms in total. The van der Waals surface area contributed by atoms with E-state index in [2.05, 4.69) is 88.1 Å². The Morgan fingerprint density at radius 3 is 2.32 bits per heavy atom. The van der Waals surface area contributed by atoms with Gasteiger partial charge in [-0.25, -0.2) is 0 Å². The summed E-state index contributed by atoms with van der Waals surface area (Å²) in [5, 5.41) is 1.29. The van der Waals surface area contributed by atoms with Crippen molar-refractivity contribution in [1.82, 2.24) is 4.98 Å². The predicted octanol–water partition coefficient (Wildman–Crippen LogP) is 10.7. The highest BCUT2D eigenvalue weighted by Crippen LogP contribution is 2.29. The lowest BCUT2D eigenvalue weighted by Gasteiger charge is -2.13. The van der Waals surface area contributed by atoms with E-state index in [1.54, 1.807) is 5.57 Å². The van der Waals surface area contributed by atoms with Crippen molar-refractivity contribution < 1.29 is 4.74 Å². The zero-order valence-electron chi connectivity index (χ0n) is 24.1. The minimum atomic E-state index is 0.790. The van der Waals surface area contributed by atoms with Gasteiger partial charge in [0, 0.05) is 11.6 Å². The molecule has 0 unspecified atom stereocenters. The molecule has 0 aliphatic heterocycles. The van der Waals surface area contributed by atoms with E-state index in [0.717, 1.165) is 36.6 Å². The van der Waals surface area contributed by atoms with Gasteiger partial charge in [0.1, 0.15) is 5.75 Å². The van der Waals surface area contributed by atoms with E-state index in [1.165, 1.54) is 85.4 Å². The van der Waals surface area contributed by atoms with Crippen LogP contribution in [-0.4, -0.2) is 11.6 Å². The molecule has 0 spiro atoms. The standard InChI is InChI=1S/C29H35NO.C6H14/c1-3-4-12-27-22(2)21-30-29-18-15-25(20-28(27)29)24-13-16-26(17-14-24)31-19-8-11-23-9-6-5-7-10-23;1-4-5-6(2)3/h9,13-18,20-21H,3-8,10-12,19H2,1-2H3;6H,4-5H2,1-3H3. The van der Waals surface area contributed by atoms with Gasteiger partial charge in [-0.1, -0.05) is 76.8 Å². The molecule has 0 atom stereocenters. The fraction of sp³-hybridized carbons (Fsp3) is 0.514. The second-order valence-corrected chi connectivity index (χ2v) is 11.0. The Balaban J connectivity index is 0.000000568. The van der Waals surface area contributed by atoms with E-state index in [-0.39, 0.29) is 0 Å². The van der Waals surface area contributed by atoms with Crippen LogP contribution in [0.2, 0.25) is 0 Å². The number of ether oxygens (including phenoxy) is 1. The molecule has 1 aliphatic rings. The minimum absolute atomic E-state index is 0.790. The number of aryl methyl sites for hydroxylation is 2. The molecule has 37 heavy (non-hydrogen) atoms. The van der Waals surface area contributed by atoms with E-state index in [4.69, 9.17) is 4.74 Å². The molecule has 1 heterocycles. The lowest BCUT2D eigenvalue weighted by molar-refractivity contribution is 0.310. The zero-order valence-corrected chi connectivity index (χ0v) is 24.1. The van der Waals surface area contributed by atoms with Gasteiger partial charge >= 0.3 is 0 Å². The molecule has 0 saturated heterocycles. The number of unbranched alkanes of at least 4 members (excludes halogenated alkanes) is 1. The van der Waals surface area contributed by atoms with Crippen molar-refractivity contribution in [3.05, 3.63) is 71.4 Å². The van der Waals surface area contributed by atoms with Crippen LogP contribution in [0.15, 0.2) is 60.3 Å². The highest BCUT2D eigenvalue weighted by atomic mass is 16.5. The van der Waals surface area contributed by atoms with Gasteiger partial charge in [-0.3, -0.25) is 4.98 Å². The molecule has 0 fully saturated rings. The maximum atomic E-state index is 6.00. The normalized spacial score (nSPS) is 13.3. The summed E-state index contributed by atoms with van der Waals surface area (Å²) in [4.78, 5) is 4.65. The van der Waals surface area contributed by atoms with Crippen LogP contribution in [0.3, 0.4) is 0 Å². The van der Waals surface area contributed by atoms with Crippen molar-refractivity contribution in [3.63, 3.8) is 0 Å². The molecule has 1 aliphatic carbocycles. The first kappa shape index (κ1) is 29.0. The summed E-state index contributed by atoms with van der Waals surface area (Å²) in [7, 11) is 0. The lowest BCUT2D eigenvalue weighted by Crippen LogP contribution is -1.99. The van der Waals surface area contributed by atoms with Gasteiger partial charge in [-0.15, -0.1) is 0 Å². The summed E-state index contributed by atoms with van der Waals surface area (Å²) in [5.74, 6) is 1.86. The van der Waals surface area contributed by atoms with Gasteiger partial charge in [0.05, 0.1) is 12.1 Å². The van der Waals surface area contributed by atoms with E-state index in [0.29, 0.717) is 0 Å². The van der Waals surface area contributed by atoms with Crippen LogP contribution in [-0.2, 0) is 6.42 Å². The molecule has 0 bridgehead atoms. The van der Waals surface area contributed by atoms with Gasteiger partial charge in [0.15, 0.2) is 0 Å². The third kappa shape index (κ3) is 9.33. The van der Waals surface area contributed by atoms with Crippen LogP contribution >= 0.6 is 0 Å². The zero-order chi connectivity index (χ0) is 26.5. The van der Waals surface area contributed by atoms with Gasteiger partial charge in [0.2, 0.25) is 0 Å². The van der Waals surface area contributed by atoms with Crippen LogP contribution < -0.4 is 4.74 Å². The third-order valence-electron chi connectivity index (χ3n) is 7.32. The number of rotatable bonds is 11. The third-order valence-corrected chi connectivity index (χ3v) is 7.32. The smallest absolute Gasteiger partial charge is 0.119 e. The minimum Gasteiger partial charge on any atom is -0.494 e. The fourth-order valence-corrected chi connectivity index (χ4v) is 5.15. The molecule has 3 aromatic rings. The number of hydrogen-bond donors (Lipinski definition) is 0. The largest absolute Gasteiger partial charge is 0.494 e. The number of benzene rings is 2. The molecule has 0 radical (unpaired) electrons. The van der Waals surface area contributed by atoms with Crippen molar-refractivity contribution in [1.29, 1.82) is 0 Å². The Kier molecular flexibility index (Phi) is 12.2. The van der Waals surface area contributed by atoms with Crippen LogP contribution in [0.25, 0.3) is 22.0 Å². The lowest BCUT2D eigenvalue weighted by atomic mass is 9.96. The summed E-state index contributed by atoms with van der Waals surface area (Å²) in [5.41, 5.74) is 7.93. The Hall–Kier alpha value is -2.61. The molecular formula is C35H49NO. The molecule has 0 amide bonds. The molecule has 4 rings (SSSR count). The second kappa shape index (κ2) is 15.6. The van der Waals surface area contributed by atoms with Crippen LogP contribution in [0.1, 0.15) is 103 Å². The van der Waals surface area contributed by atoms with Gasteiger partial charge < -0.3 is 4.74 Å². The van der Waals surface area contributed by atoms with E-state index < -0.39 is 0 Å². The SMILES string of the molecule is CCCC(C)C.CCCCc1c(C)cnc2ccc(-c3ccc(OCCCC4=CCCCC4)cc3)cc12. The first-order valence-corrected chi connectivity index (χ1v) is 14.8. The van der Waals surface area contributed by atoms with Gasteiger partial charge in [0.25, 0.3) is 0 Å². The Morgan fingerprint density at radius 1 is 0.892 bits per heavy atom. The predicted molar refractivity (Wildman–Crippen MR) is 162 cm³/mol. The summed E-state index contributed by atoms with van der Waals surface area (Å²) < 4.78 is 6.00. The molecule has 200 valence electrons. The van der Waals surface area contributed by atoms with Crippen molar-refractivity contribution in [2.45, 2.75) is 105 Å². The molecule has 0 N–H and O–H groups in total. The highest BCUT2D eigenvalue weighted by Gasteiger charge is 2.09. The number of pyridine rings is 1. The van der Waals surface area contributed by atoms with Crippen molar-refractivity contribution in [2.24, 2.45) is 5.92 Å². The van der Waals surface area contributed by atoms with E-state index in [1.807, 2.05) is 6.20 Å². The molecule has 0 saturated carbocycles. The molecule has 2 heteroatoms. The second-order valence-electron chi connectivity index (χ2n) is 11.0. The maximum Gasteiger partial charge on any atom is 0.119 e. The van der Waals surface area contributed by atoms with Gasteiger partial charge in [-0.05, 0) is 111 Å². The molecule has 1 aromatic heterocycles. The monoisotopic (exact) mass is 499 g/mol. The summed E-state index contributed by atoms with van der Waals surface area (Å²) in [6.45, 7) is 12.0. The van der Waals surface area contributed by atoms with Crippen LogP contribution in [0, 0.1) is 12.8 Å². The molecule has 2 aromatic carbocycles. The average molecular weight is 500 g/mol. The van der Waals surface area contributed by atoms with Crippen molar-refractivity contribution in [3.8, 4) is 16.9 Å². The number of allylic oxidation sites excluding steroid dienone is 2. The van der Waals surface area contributed by atoms with Crippen LogP contribution in [0.4, 0.5) is 0 Å². The first-order chi connectivity index (χ1) is 18.0. The van der Waals surface area contributed by atoms with E-state index in [9.17, 15) is 0 Å². The quantitative estimate of drug-likeness (QED) is 0.193. The summed E-state index contributed by atoms with van der Waals surface area (Å²) in [6.07, 6.45) is 18.3. The Labute approximate surface area is 226 Å². The Bertz CT molecular complexity index is 1110. The highest BCUT2D eigenvalue weighted by molar-refractivity contribution is 5.88. The number of nitrogens with zero attached hydrogens (tertiary/aromatic N) is 1. The van der Waals surface area contributed by atoms with Crippen molar-refractivity contribution >= 4 is 10.9 Å². The van der Waals surface area contributed by atoms with Crippen molar-refractivity contribution in [2.75, 3.05) is 6.61 Å². The number of fused-ring (bicyclic) bond motifs is 1. The Morgan fingerprint density at radius 2 is 1.68 bits per heavy atom. The molecular weight excluding hydrogens is 450 g/mol. The first-order valence-electron chi connectivity index (χ1n) is 14.8. The van der Waals surface area contributed by atoms with E-state index >= 15 is 0 Å². The number of hydrogen-bond acceptors (Lipinski definition) is 2. The average Bonchev–Trinajstić information content (AvgIpc) is 2.91. The van der Waals surface area contributed by atoms with Crippen LogP contribution in [0.5, 0.6) is 5.75 Å². The summed E-state index contributed by atoms with van der Waals surface area (Å²) in [6, 6.07) is 15.2. The topological polar surface area (TPSA) is 22.1 Å². The van der Waals surface area contributed by atoms with Gasteiger partial charge in [-0.2, -0.15) is 0 Å². The number of aromatic nitrogens is 1. The fourth-order valence-electron chi connectivity index (χ4n) is 5.15. The maximum absolute atomic E-state index is 6.00. The summed E-state index contributed by atoms with van der Waals surface area (Å²) >= 11 is 0.